The van der Waals surface area contributed by atoms with E-state index in [0.717, 1.165) is 22.5 Å². The highest BCUT2D eigenvalue weighted by molar-refractivity contribution is 6.10. The molecule has 0 amide bonds. The Labute approximate surface area is 213 Å². The fourth-order valence-electron chi connectivity index (χ4n) is 4.94. The summed E-state index contributed by atoms with van der Waals surface area (Å²) in [6.45, 7) is 8.51. The van der Waals surface area contributed by atoms with Crippen molar-refractivity contribution < 1.29 is 0 Å². The Hall–Kier alpha value is -4.17. The molecule has 6 aromatic rings. The molecule has 0 fully saturated rings. The second-order valence-electron chi connectivity index (χ2n) is 9.07. The lowest BCUT2D eigenvalue weighted by atomic mass is 10.0. The van der Waals surface area contributed by atoms with E-state index in [-0.39, 0.29) is 0 Å². The Bertz CT molecular complexity index is 1610. The topological polar surface area (TPSA) is 17.8 Å². The standard InChI is InChI=1S/C32H26N2.C2H6/c1-22(2)34-31-18-16-25(23-10-5-3-6-11-23)20-27(31)28-21-26(17-19-32(28)34)30-15-9-14-29(33-30)24-12-7-4-8-13-24;1-2/h3-22H,1-2H3;1-2H3. The highest BCUT2D eigenvalue weighted by atomic mass is 15.0. The number of rotatable bonds is 4. The van der Waals surface area contributed by atoms with E-state index in [1.165, 1.54) is 32.9 Å². The Kier molecular flexibility index (Phi) is 6.69. The Morgan fingerprint density at radius 1 is 0.500 bits per heavy atom. The van der Waals surface area contributed by atoms with Crippen molar-refractivity contribution in [1.29, 1.82) is 0 Å². The summed E-state index contributed by atoms with van der Waals surface area (Å²) in [4.78, 5) is 5.00. The zero-order valence-corrected chi connectivity index (χ0v) is 21.4. The molecule has 0 N–H and O–H groups in total. The van der Waals surface area contributed by atoms with Crippen LogP contribution in [-0.2, 0) is 0 Å². The first kappa shape index (κ1) is 23.6. The van der Waals surface area contributed by atoms with Gasteiger partial charge in [-0.25, -0.2) is 4.98 Å². The number of hydrogen-bond acceptors (Lipinski definition) is 1. The molecule has 4 aromatic carbocycles. The molecule has 0 saturated carbocycles. The van der Waals surface area contributed by atoms with E-state index in [4.69, 9.17) is 4.98 Å². The molecule has 2 heteroatoms. The number of pyridine rings is 1. The van der Waals surface area contributed by atoms with Crippen LogP contribution in [0, 0.1) is 0 Å². The van der Waals surface area contributed by atoms with Gasteiger partial charge in [0.25, 0.3) is 0 Å². The third kappa shape index (κ3) is 4.31. The van der Waals surface area contributed by atoms with Gasteiger partial charge in [-0.1, -0.05) is 92.7 Å². The number of aromatic nitrogens is 2. The lowest BCUT2D eigenvalue weighted by Gasteiger charge is -2.12. The van der Waals surface area contributed by atoms with Crippen LogP contribution < -0.4 is 0 Å². The van der Waals surface area contributed by atoms with Gasteiger partial charge in [-0.3, -0.25) is 0 Å². The van der Waals surface area contributed by atoms with Gasteiger partial charge in [0.1, 0.15) is 0 Å². The third-order valence-electron chi connectivity index (χ3n) is 6.54. The molecule has 0 spiro atoms. The molecule has 0 radical (unpaired) electrons. The van der Waals surface area contributed by atoms with E-state index in [9.17, 15) is 0 Å². The van der Waals surface area contributed by atoms with Crippen LogP contribution in [0.5, 0.6) is 0 Å². The fourth-order valence-corrected chi connectivity index (χ4v) is 4.94. The van der Waals surface area contributed by atoms with Gasteiger partial charge in [0.2, 0.25) is 0 Å². The Balaban J connectivity index is 0.00000130. The van der Waals surface area contributed by atoms with Crippen molar-refractivity contribution in [3.05, 3.63) is 115 Å². The number of hydrogen-bond donors (Lipinski definition) is 0. The van der Waals surface area contributed by atoms with Crippen molar-refractivity contribution >= 4 is 21.8 Å². The molecule has 2 nitrogen and oxygen atoms in total. The maximum absolute atomic E-state index is 5.00. The van der Waals surface area contributed by atoms with Crippen LogP contribution >= 0.6 is 0 Å². The van der Waals surface area contributed by atoms with E-state index < -0.39 is 0 Å². The molecule has 2 aromatic heterocycles. The average Bonchev–Trinajstić information content (AvgIpc) is 3.28. The van der Waals surface area contributed by atoms with Gasteiger partial charge >= 0.3 is 0 Å². The van der Waals surface area contributed by atoms with Crippen molar-refractivity contribution in [2.75, 3.05) is 0 Å². The van der Waals surface area contributed by atoms with Gasteiger partial charge < -0.3 is 4.57 Å². The number of nitrogens with zero attached hydrogens (tertiary/aromatic N) is 2. The SMILES string of the molecule is CC.CC(C)n1c2ccc(-c3ccccc3)cc2c2cc(-c3cccc(-c4ccccc4)n3)ccc21. The molecule has 6 rings (SSSR count). The van der Waals surface area contributed by atoms with Crippen molar-refractivity contribution in [3.63, 3.8) is 0 Å². The number of benzene rings is 4. The van der Waals surface area contributed by atoms with Crippen molar-refractivity contribution in [2.24, 2.45) is 0 Å². The predicted molar refractivity (Wildman–Crippen MR) is 155 cm³/mol. The van der Waals surface area contributed by atoms with Crippen LogP contribution in [0.15, 0.2) is 115 Å². The van der Waals surface area contributed by atoms with Gasteiger partial charge in [0.15, 0.2) is 0 Å². The van der Waals surface area contributed by atoms with Crippen LogP contribution in [0.2, 0.25) is 0 Å². The van der Waals surface area contributed by atoms with Crippen LogP contribution in [0.4, 0.5) is 0 Å². The summed E-state index contributed by atoms with van der Waals surface area (Å²) in [7, 11) is 0. The maximum atomic E-state index is 5.00. The molecule has 0 unspecified atom stereocenters. The zero-order valence-electron chi connectivity index (χ0n) is 21.4. The first-order valence-corrected chi connectivity index (χ1v) is 12.8. The van der Waals surface area contributed by atoms with E-state index in [0.29, 0.717) is 6.04 Å². The van der Waals surface area contributed by atoms with Crippen molar-refractivity contribution in [2.45, 2.75) is 33.7 Å². The fraction of sp³-hybridized carbons (Fsp3) is 0.147. The normalized spacial score (nSPS) is 11.0. The monoisotopic (exact) mass is 468 g/mol. The van der Waals surface area contributed by atoms with Crippen LogP contribution in [0.25, 0.3) is 55.4 Å². The Morgan fingerprint density at radius 2 is 1.00 bits per heavy atom. The number of fused-ring (bicyclic) bond motifs is 3. The lowest BCUT2D eigenvalue weighted by Crippen LogP contribution is -1.99. The molecular formula is C34H32N2. The summed E-state index contributed by atoms with van der Waals surface area (Å²) in [6, 6.07) is 41.2. The molecule has 0 aliphatic heterocycles. The lowest BCUT2D eigenvalue weighted by molar-refractivity contribution is 0.642. The predicted octanol–water partition coefficient (Wildman–Crippen LogP) is 9.80. The molecule has 2 heterocycles. The molecule has 0 atom stereocenters. The molecule has 0 aliphatic rings. The van der Waals surface area contributed by atoms with Crippen molar-refractivity contribution in [1.82, 2.24) is 9.55 Å². The molecule has 0 saturated heterocycles. The largest absolute Gasteiger partial charge is 0.338 e. The zero-order chi connectivity index (χ0) is 25.1. The highest BCUT2D eigenvalue weighted by Gasteiger charge is 2.15. The molecule has 0 aliphatic carbocycles. The molecule has 178 valence electrons. The smallest absolute Gasteiger partial charge is 0.0709 e. The minimum absolute atomic E-state index is 0.368. The highest BCUT2D eigenvalue weighted by Crippen LogP contribution is 2.37. The van der Waals surface area contributed by atoms with Crippen molar-refractivity contribution in [3.8, 4) is 33.6 Å². The van der Waals surface area contributed by atoms with E-state index in [1.54, 1.807) is 0 Å². The quantitative estimate of drug-likeness (QED) is 0.252. The first-order valence-electron chi connectivity index (χ1n) is 12.8. The van der Waals surface area contributed by atoms with Gasteiger partial charge in [-0.15, -0.1) is 0 Å². The second-order valence-corrected chi connectivity index (χ2v) is 9.07. The van der Waals surface area contributed by atoms with Crippen LogP contribution in [0.3, 0.4) is 0 Å². The summed E-state index contributed by atoms with van der Waals surface area (Å²) in [5.41, 5.74) is 9.27. The Morgan fingerprint density at radius 3 is 1.58 bits per heavy atom. The summed E-state index contributed by atoms with van der Waals surface area (Å²) in [5.74, 6) is 0. The third-order valence-corrected chi connectivity index (χ3v) is 6.54. The summed E-state index contributed by atoms with van der Waals surface area (Å²) < 4.78 is 2.44. The minimum atomic E-state index is 0.368. The maximum Gasteiger partial charge on any atom is 0.0709 e. The first-order chi connectivity index (χ1) is 17.7. The van der Waals surface area contributed by atoms with Gasteiger partial charge in [0, 0.05) is 39.0 Å². The second kappa shape index (κ2) is 10.2. The summed E-state index contributed by atoms with van der Waals surface area (Å²) in [5, 5.41) is 2.55. The summed E-state index contributed by atoms with van der Waals surface area (Å²) in [6.07, 6.45) is 0. The summed E-state index contributed by atoms with van der Waals surface area (Å²) >= 11 is 0. The van der Waals surface area contributed by atoms with E-state index >= 15 is 0 Å². The van der Waals surface area contributed by atoms with Crippen LogP contribution in [-0.4, -0.2) is 9.55 Å². The van der Waals surface area contributed by atoms with Crippen LogP contribution in [0.1, 0.15) is 33.7 Å². The molecule has 0 bridgehead atoms. The molecule has 36 heavy (non-hydrogen) atoms. The average molecular weight is 469 g/mol. The minimum Gasteiger partial charge on any atom is -0.338 e. The van der Waals surface area contributed by atoms with Gasteiger partial charge in [0.05, 0.1) is 11.4 Å². The molecular weight excluding hydrogens is 436 g/mol. The van der Waals surface area contributed by atoms with Gasteiger partial charge in [-0.2, -0.15) is 0 Å². The van der Waals surface area contributed by atoms with E-state index in [1.807, 2.05) is 19.9 Å². The van der Waals surface area contributed by atoms with E-state index in [2.05, 4.69) is 128 Å². The van der Waals surface area contributed by atoms with Gasteiger partial charge in [-0.05, 0) is 61.4 Å².